The Morgan fingerprint density at radius 2 is 2.00 bits per heavy atom. The number of hydrogen-bond acceptors (Lipinski definition) is 3. The van der Waals surface area contributed by atoms with Gasteiger partial charge in [-0.2, -0.15) is 0 Å². The number of halogens is 1. The van der Waals surface area contributed by atoms with E-state index < -0.39 is 0 Å². The van der Waals surface area contributed by atoms with Crippen LogP contribution in [-0.4, -0.2) is 54.3 Å². The minimum Gasteiger partial charge on any atom is -0.341 e. The van der Waals surface area contributed by atoms with Crippen molar-refractivity contribution in [1.82, 2.24) is 15.1 Å². The van der Waals surface area contributed by atoms with Gasteiger partial charge in [-0.3, -0.25) is 9.59 Å². The third-order valence-corrected chi connectivity index (χ3v) is 5.15. The van der Waals surface area contributed by atoms with Crippen molar-refractivity contribution < 1.29 is 9.59 Å². The fourth-order valence-electron chi connectivity index (χ4n) is 3.40. The van der Waals surface area contributed by atoms with Gasteiger partial charge in [0.25, 0.3) is 0 Å². The topological polar surface area (TPSA) is 52.7 Å². The van der Waals surface area contributed by atoms with E-state index in [1.807, 2.05) is 35.2 Å². The normalized spacial score (nSPS) is 20.6. The summed E-state index contributed by atoms with van der Waals surface area (Å²) in [6, 6.07) is 9.55. The highest BCUT2D eigenvalue weighted by Gasteiger charge is 2.33. The first-order valence-electron chi connectivity index (χ1n) is 8.93. The summed E-state index contributed by atoms with van der Waals surface area (Å²) in [7, 11) is 1.80. The van der Waals surface area contributed by atoms with Gasteiger partial charge in [0.1, 0.15) is 0 Å². The molecule has 1 aliphatic heterocycles. The van der Waals surface area contributed by atoms with Crippen LogP contribution in [0.3, 0.4) is 0 Å². The molecule has 0 spiro atoms. The molecule has 2 aliphatic rings. The predicted molar refractivity (Wildman–Crippen MR) is 100 cm³/mol. The predicted octanol–water partition coefficient (Wildman–Crippen LogP) is 2.06. The maximum absolute atomic E-state index is 12.6. The van der Waals surface area contributed by atoms with E-state index in [0.29, 0.717) is 12.5 Å². The van der Waals surface area contributed by atoms with E-state index in [-0.39, 0.29) is 36.7 Å². The zero-order valence-electron chi connectivity index (χ0n) is 14.8. The average molecular weight is 366 g/mol. The van der Waals surface area contributed by atoms with Gasteiger partial charge in [0.15, 0.2) is 0 Å². The van der Waals surface area contributed by atoms with E-state index in [1.165, 1.54) is 19.3 Å². The summed E-state index contributed by atoms with van der Waals surface area (Å²) < 4.78 is 0. The van der Waals surface area contributed by atoms with E-state index in [2.05, 4.69) is 5.32 Å². The molecule has 1 aromatic carbocycles. The lowest BCUT2D eigenvalue weighted by Crippen LogP contribution is -2.57. The zero-order valence-corrected chi connectivity index (χ0v) is 15.6. The molecule has 2 fully saturated rings. The molecular weight excluding hydrogens is 338 g/mol. The third kappa shape index (κ3) is 5.19. The first-order valence-corrected chi connectivity index (χ1v) is 8.93. The van der Waals surface area contributed by atoms with E-state index in [4.69, 9.17) is 0 Å². The summed E-state index contributed by atoms with van der Waals surface area (Å²) >= 11 is 0. The van der Waals surface area contributed by atoms with E-state index in [0.717, 1.165) is 25.2 Å². The second-order valence-electron chi connectivity index (χ2n) is 7.03. The first kappa shape index (κ1) is 19.7. The molecule has 6 heteroatoms. The van der Waals surface area contributed by atoms with Crippen LogP contribution in [0.15, 0.2) is 30.3 Å². The van der Waals surface area contributed by atoms with Gasteiger partial charge in [0.2, 0.25) is 11.8 Å². The van der Waals surface area contributed by atoms with Crippen molar-refractivity contribution >= 4 is 24.2 Å². The van der Waals surface area contributed by atoms with Crippen molar-refractivity contribution in [2.75, 3.05) is 26.7 Å². The summed E-state index contributed by atoms with van der Waals surface area (Å²) in [6.07, 6.45) is 4.00. The van der Waals surface area contributed by atoms with Crippen LogP contribution in [0, 0.1) is 5.92 Å². The van der Waals surface area contributed by atoms with Crippen LogP contribution in [0.25, 0.3) is 0 Å². The Morgan fingerprint density at radius 3 is 2.64 bits per heavy atom. The largest absolute Gasteiger partial charge is 0.341 e. The van der Waals surface area contributed by atoms with Crippen molar-refractivity contribution in [3.63, 3.8) is 0 Å². The summed E-state index contributed by atoms with van der Waals surface area (Å²) in [5.74, 6) is 0.772. The highest BCUT2D eigenvalue weighted by atomic mass is 35.5. The van der Waals surface area contributed by atoms with Gasteiger partial charge in [-0.15, -0.1) is 12.4 Å². The molecule has 0 bridgehead atoms. The van der Waals surface area contributed by atoms with Gasteiger partial charge in [-0.05, 0) is 24.3 Å². The Bertz CT molecular complexity index is 577. The minimum atomic E-state index is -0.371. The van der Waals surface area contributed by atoms with Gasteiger partial charge in [-0.25, -0.2) is 0 Å². The number of amides is 2. The van der Waals surface area contributed by atoms with Crippen LogP contribution >= 0.6 is 12.4 Å². The molecule has 138 valence electrons. The molecule has 5 nitrogen and oxygen atoms in total. The van der Waals surface area contributed by atoms with Gasteiger partial charge in [-0.1, -0.05) is 36.8 Å². The summed E-state index contributed by atoms with van der Waals surface area (Å²) in [5, 5.41) is 3.22. The van der Waals surface area contributed by atoms with Crippen molar-refractivity contribution in [2.24, 2.45) is 5.92 Å². The monoisotopic (exact) mass is 365 g/mol. The molecule has 1 aromatic rings. The lowest BCUT2D eigenvalue weighted by Gasteiger charge is -2.38. The maximum Gasteiger partial charge on any atom is 0.240 e. The molecule has 0 aromatic heterocycles. The van der Waals surface area contributed by atoms with Crippen molar-refractivity contribution in [3.8, 4) is 0 Å². The quantitative estimate of drug-likeness (QED) is 0.839. The molecular formula is C19H28ClN3O2. The van der Waals surface area contributed by atoms with Gasteiger partial charge in [0, 0.05) is 33.2 Å². The number of hydrogen-bond donors (Lipinski definition) is 1. The van der Waals surface area contributed by atoms with Crippen LogP contribution in [-0.2, 0) is 16.1 Å². The molecule has 1 atom stereocenters. The Hall–Kier alpha value is -1.59. The number of rotatable bonds is 6. The standard InChI is InChI=1S/C19H27N3O2.ClH/c1-21(13-15-6-3-2-4-7-15)18(23)12-17-19(24)22(11-10-20-17)14-16-8-5-9-16;/h2-4,6-7,16-17,20H,5,8-14H2,1H3;1H. The summed E-state index contributed by atoms with van der Waals surface area (Å²) in [5.41, 5.74) is 1.10. The molecule has 2 amide bonds. The van der Waals surface area contributed by atoms with Gasteiger partial charge >= 0.3 is 0 Å². The van der Waals surface area contributed by atoms with Gasteiger partial charge < -0.3 is 15.1 Å². The number of carbonyl (C=O) groups is 2. The molecule has 0 radical (unpaired) electrons. The zero-order chi connectivity index (χ0) is 16.9. The Kier molecular flexibility index (Phi) is 7.26. The second kappa shape index (κ2) is 9.20. The fraction of sp³-hybridized carbons (Fsp3) is 0.579. The summed E-state index contributed by atoms with van der Waals surface area (Å²) in [6.45, 7) is 2.98. The molecule has 25 heavy (non-hydrogen) atoms. The van der Waals surface area contributed by atoms with Crippen LogP contribution in [0.1, 0.15) is 31.2 Å². The SMILES string of the molecule is CN(Cc1ccccc1)C(=O)CC1NCCN(CC2CCC2)C1=O.Cl. The van der Waals surface area contributed by atoms with Crippen molar-refractivity contribution in [3.05, 3.63) is 35.9 Å². The number of carbonyl (C=O) groups excluding carboxylic acids is 2. The van der Waals surface area contributed by atoms with Crippen molar-refractivity contribution in [1.29, 1.82) is 0 Å². The van der Waals surface area contributed by atoms with E-state index in [1.54, 1.807) is 11.9 Å². The number of benzene rings is 1. The van der Waals surface area contributed by atoms with Crippen LogP contribution in [0.5, 0.6) is 0 Å². The van der Waals surface area contributed by atoms with E-state index >= 15 is 0 Å². The van der Waals surface area contributed by atoms with Gasteiger partial charge in [0.05, 0.1) is 12.5 Å². The smallest absolute Gasteiger partial charge is 0.240 e. The lowest BCUT2D eigenvalue weighted by atomic mass is 9.85. The number of nitrogens with one attached hydrogen (secondary N) is 1. The highest BCUT2D eigenvalue weighted by molar-refractivity contribution is 5.88. The number of piperazine rings is 1. The molecule has 1 saturated carbocycles. The molecule has 3 rings (SSSR count). The first-order chi connectivity index (χ1) is 11.6. The van der Waals surface area contributed by atoms with E-state index in [9.17, 15) is 9.59 Å². The Balaban J connectivity index is 0.00000225. The summed E-state index contributed by atoms with van der Waals surface area (Å²) in [4.78, 5) is 28.7. The Morgan fingerprint density at radius 1 is 1.28 bits per heavy atom. The van der Waals surface area contributed by atoms with Crippen LogP contribution in [0.2, 0.25) is 0 Å². The minimum absolute atomic E-state index is 0. The molecule has 1 saturated heterocycles. The molecule has 1 heterocycles. The van der Waals surface area contributed by atoms with Crippen molar-refractivity contribution in [2.45, 2.75) is 38.3 Å². The fourth-order valence-corrected chi connectivity index (χ4v) is 3.40. The average Bonchev–Trinajstić information content (AvgIpc) is 2.54. The second-order valence-corrected chi connectivity index (χ2v) is 7.03. The highest BCUT2D eigenvalue weighted by Crippen LogP contribution is 2.27. The molecule has 1 unspecified atom stereocenters. The van der Waals surface area contributed by atoms with Crippen LogP contribution < -0.4 is 5.32 Å². The molecule has 1 N–H and O–H groups in total. The maximum atomic E-state index is 12.6. The number of nitrogens with zero attached hydrogens (tertiary/aromatic N) is 2. The lowest BCUT2D eigenvalue weighted by molar-refractivity contribution is -0.141. The molecule has 1 aliphatic carbocycles. The van der Waals surface area contributed by atoms with Crippen LogP contribution in [0.4, 0.5) is 0 Å². The third-order valence-electron chi connectivity index (χ3n) is 5.15. The Labute approximate surface area is 156 Å².